The third-order valence-electron chi connectivity index (χ3n) is 6.16. The summed E-state index contributed by atoms with van der Waals surface area (Å²) in [4.78, 5) is 0. The van der Waals surface area contributed by atoms with E-state index in [1.165, 1.54) is 24.0 Å². The van der Waals surface area contributed by atoms with E-state index >= 15 is 0 Å². The topological polar surface area (TPSA) is 44.5 Å². The van der Waals surface area contributed by atoms with E-state index in [-0.39, 0.29) is 6.10 Å². The van der Waals surface area contributed by atoms with E-state index in [4.69, 9.17) is 14.0 Å². The van der Waals surface area contributed by atoms with Crippen molar-refractivity contribution in [2.75, 3.05) is 13.2 Å². The van der Waals surface area contributed by atoms with Crippen LogP contribution in [-0.4, -0.2) is 18.4 Å². The van der Waals surface area contributed by atoms with Gasteiger partial charge in [0.05, 0.1) is 18.8 Å². The Morgan fingerprint density at radius 3 is 2.48 bits per heavy atom. The van der Waals surface area contributed by atoms with Crippen molar-refractivity contribution < 1.29 is 14.0 Å². The molecule has 4 aromatic rings. The van der Waals surface area contributed by atoms with E-state index in [0.29, 0.717) is 6.61 Å². The molecule has 168 valence electrons. The Kier molecular flexibility index (Phi) is 6.54. The fourth-order valence-corrected chi connectivity index (χ4v) is 4.43. The first-order valence-corrected chi connectivity index (χ1v) is 11.8. The van der Waals surface area contributed by atoms with E-state index in [9.17, 15) is 0 Å². The van der Waals surface area contributed by atoms with E-state index in [2.05, 4.69) is 48.5 Å². The first-order chi connectivity index (χ1) is 16.3. The second-order valence-electron chi connectivity index (χ2n) is 8.42. The van der Waals surface area contributed by atoms with Gasteiger partial charge in [-0.25, -0.2) is 0 Å². The SMILES string of the molecule is CCCCCOc1ccc(-c2onc(-c3ccccc3)c2C2OCCc3ccccc32)cc1. The van der Waals surface area contributed by atoms with Gasteiger partial charge in [0, 0.05) is 11.1 Å². The van der Waals surface area contributed by atoms with Gasteiger partial charge in [-0.15, -0.1) is 0 Å². The van der Waals surface area contributed by atoms with Crippen molar-refractivity contribution in [1.82, 2.24) is 5.16 Å². The summed E-state index contributed by atoms with van der Waals surface area (Å²) >= 11 is 0. The number of ether oxygens (including phenoxy) is 2. The van der Waals surface area contributed by atoms with Crippen LogP contribution in [0.15, 0.2) is 83.4 Å². The average molecular weight is 440 g/mol. The number of rotatable bonds is 8. The summed E-state index contributed by atoms with van der Waals surface area (Å²) in [5.41, 5.74) is 6.28. The predicted molar refractivity (Wildman–Crippen MR) is 130 cm³/mol. The standard InChI is InChI=1S/C29H29NO3/c1-2-3-9-19-31-24-16-14-23(15-17-24)28-26(27(30-33-28)22-11-5-4-6-12-22)29-25-13-8-7-10-21(25)18-20-32-29/h4-8,10-17,29H,2-3,9,18-20H2,1H3. The number of hydrogen-bond donors (Lipinski definition) is 0. The third kappa shape index (κ3) is 4.57. The lowest BCUT2D eigenvalue weighted by Crippen LogP contribution is -2.18. The molecule has 1 aliphatic heterocycles. The van der Waals surface area contributed by atoms with Gasteiger partial charge in [-0.2, -0.15) is 0 Å². The Balaban J connectivity index is 1.53. The largest absolute Gasteiger partial charge is 0.494 e. The molecule has 0 N–H and O–H groups in total. The van der Waals surface area contributed by atoms with Crippen molar-refractivity contribution in [3.8, 4) is 28.3 Å². The second-order valence-corrected chi connectivity index (χ2v) is 8.42. The molecule has 0 radical (unpaired) electrons. The van der Waals surface area contributed by atoms with Crippen molar-refractivity contribution in [1.29, 1.82) is 0 Å². The molecule has 33 heavy (non-hydrogen) atoms. The van der Waals surface area contributed by atoms with Crippen LogP contribution >= 0.6 is 0 Å². The lowest BCUT2D eigenvalue weighted by atomic mass is 9.89. The first-order valence-electron chi connectivity index (χ1n) is 11.8. The van der Waals surface area contributed by atoms with Crippen LogP contribution in [0.2, 0.25) is 0 Å². The fraction of sp³-hybridized carbons (Fsp3) is 0.276. The summed E-state index contributed by atoms with van der Waals surface area (Å²) < 4.78 is 18.2. The molecule has 0 amide bonds. The van der Waals surface area contributed by atoms with Crippen LogP contribution in [0.3, 0.4) is 0 Å². The molecule has 4 heteroatoms. The van der Waals surface area contributed by atoms with Crippen molar-refractivity contribution in [2.24, 2.45) is 0 Å². The minimum atomic E-state index is -0.226. The molecule has 0 saturated carbocycles. The summed E-state index contributed by atoms with van der Waals surface area (Å²) in [6.45, 7) is 3.61. The van der Waals surface area contributed by atoms with Crippen LogP contribution < -0.4 is 4.74 Å². The number of aromatic nitrogens is 1. The van der Waals surface area contributed by atoms with Gasteiger partial charge in [0.2, 0.25) is 0 Å². The third-order valence-corrected chi connectivity index (χ3v) is 6.16. The van der Waals surface area contributed by atoms with Gasteiger partial charge in [0.1, 0.15) is 17.5 Å². The highest BCUT2D eigenvalue weighted by Crippen LogP contribution is 2.43. The van der Waals surface area contributed by atoms with Gasteiger partial charge in [-0.1, -0.05) is 79.5 Å². The molecule has 2 heterocycles. The maximum atomic E-state index is 6.35. The smallest absolute Gasteiger partial charge is 0.173 e. The van der Waals surface area contributed by atoms with E-state index in [1.54, 1.807) is 0 Å². The van der Waals surface area contributed by atoms with E-state index < -0.39 is 0 Å². The molecule has 1 unspecified atom stereocenters. The molecule has 1 aliphatic rings. The van der Waals surface area contributed by atoms with Crippen LogP contribution in [0.1, 0.15) is 49.0 Å². The first kappa shape index (κ1) is 21.5. The molecule has 0 fully saturated rings. The lowest BCUT2D eigenvalue weighted by molar-refractivity contribution is 0.0702. The van der Waals surface area contributed by atoms with E-state index in [0.717, 1.165) is 53.3 Å². The van der Waals surface area contributed by atoms with Crippen LogP contribution in [-0.2, 0) is 11.2 Å². The van der Waals surface area contributed by atoms with Crippen LogP contribution in [0.4, 0.5) is 0 Å². The van der Waals surface area contributed by atoms with Crippen molar-refractivity contribution >= 4 is 0 Å². The molecule has 0 spiro atoms. The molecule has 0 bridgehead atoms. The van der Waals surface area contributed by atoms with Crippen molar-refractivity contribution in [3.05, 3.63) is 95.6 Å². The molecular formula is C29H29NO3. The number of hydrogen-bond acceptors (Lipinski definition) is 4. The Morgan fingerprint density at radius 2 is 1.67 bits per heavy atom. The highest BCUT2D eigenvalue weighted by molar-refractivity contribution is 5.74. The summed E-state index contributed by atoms with van der Waals surface area (Å²) in [6.07, 6.45) is 4.13. The van der Waals surface area contributed by atoms with Crippen molar-refractivity contribution in [3.63, 3.8) is 0 Å². The molecule has 4 nitrogen and oxygen atoms in total. The minimum Gasteiger partial charge on any atom is -0.494 e. The zero-order valence-electron chi connectivity index (χ0n) is 19.0. The van der Waals surface area contributed by atoms with E-state index in [1.807, 2.05) is 42.5 Å². The Morgan fingerprint density at radius 1 is 0.879 bits per heavy atom. The maximum Gasteiger partial charge on any atom is 0.173 e. The lowest BCUT2D eigenvalue weighted by Gasteiger charge is -2.26. The summed E-state index contributed by atoms with van der Waals surface area (Å²) in [5, 5.41) is 4.52. The zero-order chi connectivity index (χ0) is 22.5. The molecule has 0 saturated heterocycles. The second kappa shape index (κ2) is 10.1. The van der Waals surface area contributed by atoms with Gasteiger partial charge in [0.25, 0.3) is 0 Å². The number of fused-ring (bicyclic) bond motifs is 1. The summed E-state index contributed by atoms with van der Waals surface area (Å²) in [5.74, 6) is 1.62. The minimum absolute atomic E-state index is 0.226. The Hall–Kier alpha value is -3.37. The predicted octanol–water partition coefficient (Wildman–Crippen LogP) is 7.24. The molecule has 5 rings (SSSR count). The average Bonchev–Trinajstić information content (AvgIpc) is 3.32. The van der Waals surface area contributed by atoms with Gasteiger partial charge < -0.3 is 14.0 Å². The summed E-state index contributed by atoms with van der Waals surface area (Å²) in [6, 6.07) is 26.8. The number of unbranched alkanes of at least 4 members (excludes halogenated alkanes) is 2. The van der Waals surface area contributed by atoms with Crippen LogP contribution in [0, 0.1) is 0 Å². The number of nitrogens with zero attached hydrogens (tertiary/aromatic N) is 1. The van der Waals surface area contributed by atoms with Crippen LogP contribution in [0.25, 0.3) is 22.6 Å². The van der Waals surface area contributed by atoms with Gasteiger partial charge >= 0.3 is 0 Å². The zero-order valence-corrected chi connectivity index (χ0v) is 19.0. The normalized spacial score (nSPS) is 15.2. The highest BCUT2D eigenvalue weighted by Gasteiger charge is 2.31. The molecule has 1 aromatic heterocycles. The molecular weight excluding hydrogens is 410 g/mol. The molecule has 1 atom stereocenters. The molecule has 3 aromatic carbocycles. The fourth-order valence-electron chi connectivity index (χ4n) is 4.43. The van der Waals surface area contributed by atoms with Crippen LogP contribution in [0.5, 0.6) is 5.75 Å². The maximum absolute atomic E-state index is 6.35. The molecule has 0 aliphatic carbocycles. The monoisotopic (exact) mass is 439 g/mol. The number of benzene rings is 3. The van der Waals surface area contributed by atoms with Crippen molar-refractivity contribution in [2.45, 2.75) is 38.7 Å². The highest BCUT2D eigenvalue weighted by atomic mass is 16.5. The Bertz CT molecular complexity index is 1180. The van der Waals surface area contributed by atoms with Gasteiger partial charge in [0.15, 0.2) is 5.76 Å². The van der Waals surface area contributed by atoms with Gasteiger partial charge in [-0.3, -0.25) is 0 Å². The van der Waals surface area contributed by atoms with Gasteiger partial charge in [-0.05, 0) is 48.2 Å². The quantitative estimate of drug-likeness (QED) is 0.271. The summed E-state index contributed by atoms with van der Waals surface area (Å²) in [7, 11) is 0. The Labute approximate surface area is 195 Å².